The number of ether oxygens (including phenoxy) is 1. The summed E-state index contributed by atoms with van der Waals surface area (Å²) in [5, 5.41) is 0. The van der Waals surface area contributed by atoms with Gasteiger partial charge in [0.15, 0.2) is 0 Å². The molecule has 0 saturated heterocycles. The molecule has 0 bridgehead atoms. The number of hydrogen-bond acceptors (Lipinski definition) is 3. The number of methoxy groups -OCH3 is 1. The molecule has 0 aromatic carbocycles. The summed E-state index contributed by atoms with van der Waals surface area (Å²) >= 11 is 0. The van der Waals surface area contributed by atoms with Crippen LogP contribution in [-0.2, 0) is 14.3 Å². The summed E-state index contributed by atoms with van der Waals surface area (Å²) in [6, 6.07) is 0. The molecule has 2 fully saturated rings. The van der Waals surface area contributed by atoms with Crippen LogP contribution in [0.25, 0.3) is 0 Å². The van der Waals surface area contributed by atoms with Gasteiger partial charge in [0.25, 0.3) is 0 Å². The lowest BCUT2D eigenvalue weighted by Gasteiger charge is -2.46. The maximum Gasteiger partial charge on any atom is 0.305 e. The minimum atomic E-state index is -0.132. The van der Waals surface area contributed by atoms with Crippen LogP contribution in [-0.4, -0.2) is 18.9 Å². The molecule has 3 nitrogen and oxygen atoms in total. The van der Waals surface area contributed by atoms with Crippen molar-refractivity contribution >= 4 is 11.8 Å². The van der Waals surface area contributed by atoms with Crippen LogP contribution in [0.5, 0.6) is 0 Å². The number of Topliss-reactive ketones (excluding diaryl/α,β-unsaturated/α-hetero) is 1. The first kappa shape index (κ1) is 16.5. The average molecular weight is 294 g/mol. The molecule has 3 heteroatoms. The van der Waals surface area contributed by atoms with Crippen molar-refractivity contribution in [1.29, 1.82) is 0 Å². The Morgan fingerprint density at radius 2 is 1.81 bits per heavy atom. The highest BCUT2D eigenvalue weighted by molar-refractivity contribution is 5.84. The zero-order valence-corrected chi connectivity index (χ0v) is 14.1. The highest BCUT2D eigenvalue weighted by Crippen LogP contribution is 2.50. The van der Waals surface area contributed by atoms with Gasteiger partial charge in [-0.3, -0.25) is 9.59 Å². The van der Waals surface area contributed by atoms with Crippen LogP contribution in [0.4, 0.5) is 0 Å². The maximum atomic E-state index is 12.8. The van der Waals surface area contributed by atoms with Crippen molar-refractivity contribution in [1.82, 2.24) is 0 Å². The van der Waals surface area contributed by atoms with Gasteiger partial charge in [0.1, 0.15) is 5.78 Å². The molecule has 0 aromatic heterocycles. The SMILES string of the molecule is COC(=O)CC1C(C)CC1C1CCC(C)C(C)C(C)C1=O. The summed E-state index contributed by atoms with van der Waals surface area (Å²) < 4.78 is 4.82. The van der Waals surface area contributed by atoms with Crippen molar-refractivity contribution in [3.8, 4) is 0 Å². The van der Waals surface area contributed by atoms with Gasteiger partial charge < -0.3 is 4.74 Å². The lowest BCUT2D eigenvalue weighted by Crippen LogP contribution is -2.44. The van der Waals surface area contributed by atoms with Crippen LogP contribution in [0, 0.1) is 41.4 Å². The quantitative estimate of drug-likeness (QED) is 0.588. The number of rotatable bonds is 3. The van der Waals surface area contributed by atoms with Gasteiger partial charge in [-0.25, -0.2) is 0 Å². The molecule has 0 N–H and O–H groups in total. The second kappa shape index (κ2) is 6.50. The Balaban J connectivity index is 2.09. The first-order valence-corrected chi connectivity index (χ1v) is 8.47. The van der Waals surface area contributed by atoms with Crippen molar-refractivity contribution in [2.24, 2.45) is 41.4 Å². The smallest absolute Gasteiger partial charge is 0.305 e. The van der Waals surface area contributed by atoms with Crippen molar-refractivity contribution < 1.29 is 14.3 Å². The third-order valence-electron chi connectivity index (χ3n) is 6.51. The molecule has 0 aliphatic heterocycles. The molecule has 0 radical (unpaired) electrons. The Morgan fingerprint density at radius 1 is 1.14 bits per heavy atom. The summed E-state index contributed by atoms with van der Waals surface area (Å²) in [7, 11) is 1.45. The second-order valence-corrected chi connectivity index (χ2v) is 7.53. The van der Waals surface area contributed by atoms with Crippen LogP contribution in [0.1, 0.15) is 53.4 Å². The summed E-state index contributed by atoms with van der Waals surface area (Å²) in [6.07, 6.45) is 3.71. The summed E-state index contributed by atoms with van der Waals surface area (Å²) in [5.41, 5.74) is 0. The Labute approximate surface area is 128 Å². The Morgan fingerprint density at radius 3 is 2.38 bits per heavy atom. The summed E-state index contributed by atoms with van der Waals surface area (Å²) in [6.45, 7) is 8.77. The Bertz CT molecular complexity index is 403. The van der Waals surface area contributed by atoms with Crippen molar-refractivity contribution in [3.63, 3.8) is 0 Å². The predicted octanol–water partition coefficient (Wildman–Crippen LogP) is 3.71. The molecule has 2 aliphatic carbocycles. The molecule has 21 heavy (non-hydrogen) atoms. The number of ketones is 1. The first-order chi connectivity index (χ1) is 9.86. The zero-order valence-electron chi connectivity index (χ0n) is 14.1. The van der Waals surface area contributed by atoms with Crippen molar-refractivity contribution in [3.05, 3.63) is 0 Å². The van der Waals surface area contributed by atoms with Crippen LogP contribution in [0.3, 0.4) is 0 Å². The first-order valence-electron chi connectivity index (χ1n) is 8.47. The molecule has 7 unspecified atom stereocenters. The number of hydrogen-bond donors (Lipinski definition) is 0. The van der Waals surface area contributed by atoms with Crippen LogP contribution in [0.2, 0.25) is 0 Å². The standard InChI is InChI=1S/C18H30O3/c1-10-6-7-14(18(20)13(4)12(10)3)16-8-11(2)15(16)9-17(19)21-5/h10-16H,6-9H2,1-5H3. The second-order valence-electron chi connectivity index (χ2n) is 7.53. The van der Waals surface area contributed by atoms with E-state index in [1.54, 1.807) is 0 Å². The van der Waals surface area contributed by atoms with Gasteiger partial charge in [0.05, 0.1) is 7.11 Å². The van der Waals surface area contributed by atoms with E-state index >= 15 is 0 Å². The molecular weight excluding hydrogens is 264 g/mol. The van der Waals surface area contributed by atoms with Gasteiger partial charge >= 0.3 is 5.97 Å². The molecule has 7 atom stereocenters. The minimum absolute atomic E-state index is 0.132. The monoisotopic (exact) mass is 294 g/mol. The number of esters is 1. The van der Waals surface area contributed by atoms with Crippen LogP contribution < -0.4 is 0 Å². The Kier molecular flexibility index (Phi) is 5.11. The molecule has 0 heterocycles. The lowest BCUT2D eigenvalue weighted by molar-refractivity contribution is -0.147. The fourth-order valence-electron chi connectivity index (χ4n) is 4.46. The highest BCUT2D eigenvalue weighted by atomic mass is 16.5. The van der Waals surface area contributed by atoms with E-state index < -0.39 is 0 Å². The van der Waals surface area contributed by atoms with Gasteiger partial charge in [-0.1, -0.05) is 27.7 Å². The van der Waals surface area contributed by atoms with Gasteiger partial charge in [-0.2, -0.15) is 0 Å². The third-order valence-corrected chi connectivity index (χ3v) is 6.51. The largest absolute Gasteiger partial charge is 0.469 e. The van der Waals surface area contributed by atoms with Crippen molar-refractivity contribution in [2.75, 3.05) is 7.11 Å². The van der Waals surface area contributed by atoms with E-state index in [4.69, 9.17) is 4.74 Å². The maximum absolute atomic E-state index is 12.8. The third kappa shape index (κ3) is 3.17. The molecule has 0 spiro atoms. The normalized spacial score (nSPS) is 43.9. The predicted molar refractivity (Wildman–Crippen MR) is 82.6 cm³/mol. The Hall–Kier alpha value is -0.860. The summed E-state index contributed by atoms with van der Waals surface area (Å²) in [4.78, 5) is 24.4. The van der Waals surface area contributed by atoms with Gasteiger partial charge in [-0.15, -0.1) is 0 Å². The van der Waals surface area contributed by atoms with Crippen LogP contribution in [0.15, 0.2) is 0 Å². The molecule has 0 aromatic rings. The van der Waals surface area contributed by atoms with E-state index in [1.807, 2.05) is 0 Å². The highest BCUT2D eigenvalue weighted by Gasteiger charge is 2.48. The molecular formula is C18H30O3. The van der Waals surface area contributed by atoms with E-state index in [1.165, 1.54) is 7.11 Å². The fourth-order valence-corrected chi connectivity index (χ4v) is 4.46. The number of carbonyl (C=O) groups is 2. The summed E-state index contributed by atoms with van der Waals surface area (Å²) in [5.74, 6) is 2.99. The van der Waals surface area contributed by atoms with Crippen molar-refractivity contribution in [2.45, 2.75) is 53.4 Å². The van der Waals surface area contributed by atoms with E-state index in [-0.39, 0.29) is 17.8 Å². The van der Waals surface area contributed by atoms with E-state index in [0.717, 1.165) is 19.3 Å². The molecule has 2 saturated carbocycles. The molecule has 120 valence electrons. The average Bonchev–Trinajstić information content (AvgIpc) is 2.56. The van der Waals surface area contributed by atoms with Gasteiger partial charge in [0, 0.05) is 18.3 Å². The molecule has 2 rings (SSSR count). The molecule has 2 aliphatic rings. The van der Waals surface area contributed by atoms with Gasteiger partial charge in [-0.05, 0) is 48.9 Å². The lowest BCUT2D eigenvalue weighted by atomic mass is 9.57. The number of carbonyl (C=O) groups excluding carboxylic acids is 2. The van der Waals surface area contributed by atoms with Crippen LogP contribution >= 0.6 is 0 Å². The fraction of sp³-hybridized carbons (Fsp3) is 0.889. The minimum Gasteiger partial charge on any atom is -0.469 e. The van der Waals surface area contributed by atoms with E-state index in [9.17, 15) is 9.59 Å². The van der Waals surface area contributed by atoms with Gasteiger partial charge in [0.2, 0.25) is 0 Å². The topological polar surface area (TPSA) is 43.4 Å². The van der Waals surface area contributed by atoms with E-state index in [0.29, 0.717) is 41.8 Å². The molecule has 0 amide bonds. The van der Waals surface area contributed by atoms with E-state index in [2.05, 4.69) is 27.7 Å². The zero-order chi connectivity index (χ0) is 15.7.